The molecule has 124 valence electrons. The van der Waals surface area contributed by atoms with E-state index < -0.39 is 17.3 Å². The molecule has 1 atom stereocenters. The molecule has 0 radical (unpaired) electrons. The molecule has 23 heavy (non-hydrogen) atoms. The van der Waals surface area contributed by atoms with Gasteiger partial charge < -0.3 is 14.7 Å². The van der Waals surface area contributed by atoms with Crippen LogP contribution in [-0.4, -0.2) is 48.2 Å². The van der Waals surface area contributed by atoms with Crippen LogP contribution in [0.1, 0.15) is 24.8 Å². The fourth-order valence-corrected chi connectivity index (χ4v) is 3.83. The second-order valence-corrected chi connectivity index (χ2v) is 7.19. The summed E-state index contributed by atoms with van der Waals surface area (Å²) in [5, 5.41) is 9.17. The van der Waals surface area contributed by atoms with Gasteiger partial charge in [0.2, 0.25) is 5.91 Å². The van der Waals surface area contributed by atoms with Crippen LogP contribution in [0.25, 0.3) is 0 Å². The van der Waals surface area contributed by atoms with Crippen molar-refractivity contribution in [3.05, 3.63) is 34.3 Å². The minimum Gasteiger partial charge on any atom is -0.481 e. The van der Waals surface area contributed by atoms with Crippen LogP contribution < -0.4 is 0 Å². The van der Waals surface area contributed by atoms with Gasteiger partial charge >= 0.3 is 5.97 Å². The first-order valence-corrected chi connectivity index (χ1v) is 8.68. The highest BCUT2D eigenvalue weighted by Crippen LogP contribution is 2.38. The second-order valence-electron chi connectivity index (χ2n) is 6.28. The number of halogens is 1. The molecule has 0 bridgehead atoms. The highest BCUT2D eigenvalue weighted by Gasteiger charge is 2.46. The third-order valence-corrected chi connectivity index (χ3v) is 5.51. The highest BCUT2D eigenvalue weighted by atomic mass is 79.9. The number of hydrogen-bond acceptors (Lipinski definition) is 3. The molecule has 3 rings (SSSR count). The first kappa shape index (κ1) is 16.5. The predicted molar refractivity (Wildman–Crippen MR) is 88.2 cm³/mol. The zero-order chi connectivity index (χ0) is 16.4. The number of ether oxygens (including phenoxy) is 1. The predicted octanol–water partition coefficient (Wildman–Crippen LogP) is 2.43. The molecule has 2 heterocycles. The Kier molecular flexibility index (Phi) is 4.73. The lowest BCUT2D eigenvalue weighted by Gasteiger charge is -2.39. The fourth-order valence-electron chi connectivity index (χ4n) is 3.56. The summed E-state index contributed by atoms with van der Waals surface area (Å²) in [4.78, 5) is 26.1. The number of amides is 1. The summed E-state index contributed by atoms with van der Waals surface area (Å²) < 4.78 is 6.44. The summed E-state index contributed by atoms with van der Waals surface area (Å²) in [7, 11) is 0. The summed E-state index contributed by atoms with van der Waals surface area (Å²) in [6.07, 6.45) is 1.82. The summed E-state index contributed by atoms with van der Waals surface area (Å²) in [6.45, 7) is 1.94. The number of hydrogen-bond donors (Lipinski definition) is 1. The summed E-state index contributed by atoms with van der Waals surface area (Å²) in [6, 6.07) is 7.86. The van der Waals surface area contributed by atoms with Crippen molar-refractivity contribution >= 4 is 27.8 Å². The standard InChI is InChI=1S/C17H20BrNO4/c18-14-3-1-13(2-4-14)17(6-9-23-10-7-17)16(22)19-8-5-12(11-19)15(20)21/h1-4,12H,5-11H2,(H,20,21). The largest absolute Gasteiger partial charge is 0.481 e. The Labute approximate surface area is 143 Å². The van der Waals surface area contributed by atoms with Crippen LogP contribution >= 0.6 is 15.9 Å². The van der Waals surface area contributed by atoms with Crippen molar-refractivity contribution in [3.63, 3.8) is 0 Å². The molecule has 1 amide bonds. The molecule has 0 aliphatic carbocycles. The molecular formula is C17H20BrNO4. The number of carboxylic acids is 1. The van der Waals surface area contributed by atoms with Gasteiger partial charge in [-0.15, -0.1) is 0 Å². The zero-order valence-electron chi connectivity index (χ0n) is 12.8. The SMILES string of the molecule is O=C(O)C1CCN(C(=O)C2(c3ccc(Br)cc3)CCOCC2)C1. The fraction of sp³-hybridized carbons (Fsp3) is 0.529. The Hall–Kier alpha value is -1.40. The monoisotopic (exact) mass is 381 g/mol. The van der Waals surface area contributed by atoms with Gasteiger partial charge in [0.1, 0.15) is 0 Å². The van der Waals surface area contributed by atoms with Crippen molar-refractivity contribution < 1.29 is 19.4 Å². The van der Waals surface area contributed by atoms with Crippen molar-refractivity contribution in [2.45, 2.75) is 24.7 Å². The number of carboxylic acid groups (broad SMARTS) is 1. The minimum absolute atomic E-state index is 0.0480. The Morgan fingerprint density at radius 1 is 1.22 bits per heavy atom. The number of carbonyl (C=O) groups excluding carboxylic acids is 1. The maximum absolute atomic E-state index is 13.2. The number of rotatable bonds is 3. The molecule has 1 aromatic carbocycles. The maximum atomic E-state index is 13.2. The molecule has 2 aliphatic heterocycles. The van der Waals surface area contributed by atoms with Crippen LogP contribution in [0.15, 0.2) is 28.7 Å². The van der Waals surface area contributed by atoms with Crippen molar-refractivity contribution in [1.82, 2.24) is 4.90 Å². The van der Waals surface area contributed by atoms with Crippen LogP contribution in [0.3, 0.4) is 0 Å². The zero-order valence-corrected chi connectivity index (χ0v) is 14.4. The van der Waals surface area contributed by atoms with E-state index in [1.807, 2.05) is 24.3 Å². The van der Waals surface area contributed by atoms with E-state index in [0.29, 0.717) is 45.6 Å². The van der Waals surface area contributed by atoms with Gasteiger partial charge in [-0.05, 0) is 37.0 Å². The molecule has 1 aromatic rings. The first-order chi connectivity index (χ1) is 11.0. The summed E-state index contributed by atoms with van der Waals surface area (Å²) >= 11 is 3.43. The van der Waals surface area contributed by atoms with E-state index in [9.17, 15) is 14.7 Å². The molecule has 0 saturated carbocycles. The van der Waals surface area contributed by atoms with Crippen molar-refractivity contribution in [1.29, 1.82) is 0 Å². The van der Waals surface area contributed by atoms with E-state index in [1.54, 1.807) is 4.90 Å². The minimum atomic E-state index is -0.815. The number of likely N-dealkylation sites (tertiary alicyclic amines) is 1. The molecule has 5 nitrogen and oxygen atoms in total. The quantitative estimate of drug-likeness (QED) is 0.872. The smallest absolute Gasteiger partial charge is 0.308 e. The van der Waals surface area contributed by atoms with Crippen molar-refractivity contribution in [3.8, 4) is 0 Å². The van der Waals surface area contributed by atoms with Gasteiger partial charge in [-0.25, -0.2) is 0 Å². The van der Waals surface area contributed by atoms with Crippen LogP contribution in [0.2, 0.25) is 0 Å². The topological polar surface area (TPSA) is 66.8 Å². The lowest BCUT2D eigenvalue weighted by Crippen LogP contribution is -2.49. The Morgan fingerprint density at radius 2 is 1.87 bits per heavy atom. The van der Waals surface area contributed by atoms with E-state index in [4.69, 9.17) is 4.74 Å². The number of aliphatic carboxylic acids is 1. The van der Waals surface area contributed by atoms with Gasteiger partial charge in [-0.1, -0.05) is 28.1 Å². The van der Waals surface area contributed by atoms with Gasteiger partial charge in [-0.2, -0.15) is 0 Å². The molecule has 6 heteroatoms. The summed E-state index contributed by atoms with van der Waals surface area (Å²) in [5.41, 5.74) is 0.402. The second kappa shape index (κ2) is 6.61. The molecule has 2 fully saturated rings. The molecule has 2 saturated heterocycles. The van der Waals surface area contributed by atoms with E-state index >= 15 is 0 Å². The third kappa shape index (κ3) is 3.15. The molecular weight excluding hydrogens is 362 g/mol. The van der Waals surface area contributed by atoms with Crippen molar-refractivity contribution in [2.75, 3.05) is 26.3 Å². The Balaban J connectivity index is 1.88. The van der Waals surface area contributed by atoms with E-state index in [0.717, 1.165) is 10.0 Å². The number of benzene rings is 1. The van der Waals surface area contributed by atoms with Gasteiger partial charge in [0.15, 0.2) is 0 Å². The van der Waals surface area contributed by atoms with E-state index in [1.165, 1.54) is 0 Å². The van der Waals surface area contributed by atoms with Crippen LogP contribution in [0.5, 0.6) is 0 Å². The Morgan fingerprint density at radius 3 is 2.43 bits per heavy atom. The highest BCUT2D eigenvalue weighted by molar-refractivity contribution is 9.10. The third-order valence-electron chi connectivity index (χ3n) is 4.98. The lowest BCUT2D eigenvalue weighted by molar-refractivity contribution is -0.143. The Bertz CT molecular complexity index is 595. The number of carbonyl (C=O) groups is 2. The molecule has 0 aromatic heterocycles. The number of nitrogens with zero attached hydrogens (tertiary/aromatic N) is 1. The van der Waals surface area contributed by atoms with Gasteiger partial charge in [0.25, 0.3) is 0 Å². The average molecular weight is 382 g/mol. The van der Waals surface area contributed by atoms with Crippen LogP contribution in [0.4, 0.5) is 0 Å². The van der Waals surface area contributed by atoms with Crippen molar-refractivity contribution in [2.24, 2.45) is 5.92 Å². The normalized spacial score (nSPS) is 23.7. The first-order valence-electron chi connectivity index (χ1n) is 7.89. The van der Waals surface area contributed by atoms with E-state index in [2.05, 4.69) is 15.9 Å². The lowest BCUT2D eigenvalue weighted by atomic mass is 9.73. The van der Waals surface area contributed by atoms with Crippen LogP contribution in [-0.2, 0) is 19.7 Å². The van der Waals surface area contributed by atoms with Crippen LogP contribution in [0, 0.1) is 5.92 Å². The van der Waals surface area contributed by atoms with Gasteiger partial charge in [0, 0.05) is 30.8 Å². The average Bonchev–Trinajstić information content (AvgIpc) is 3.05. The maximum Gasteiger partial charge on any atom is 0.308 e. The molecule has 1 N–H and O–H groups in total. The van der Waals surface area contributed by atoms with Gasteiger partial charge in [-0.3, -0.25) is 9.59 Å². The molecule has 1 unspecified atom stereocenters. The van der Waals surface area contributed by atoms with Gasteiger partial charge in [0.05, 0.1) is 11.3 Å². The summed E-state index contributed by atoms with van der Waals surface area (Å²) in [5.74, 6) is -1.21. The molecule has 2 aliphatic rings. The molecule has 0 spiro atoms. The van der Waals surface area contributed by atoms with E-state index in [-0.39, 0.29) is 5.91 Å².